The molecule has 0 fully saturated rings. The Morgan fingerprint density at radius 2 is 1.81 bits per heavy atom. The summed E-state index contributed by atoms with van der Waals surface area (Å²) in [6.07, 6.45) is 0.121. The van der Waals surface area contributed by atoms with Gasteiger partial charge in [-0.3, -0.25) is 4.79 Å². The summed E-state index contributed by atoms with van der Waals surface area (Å²) < 4.78 is 6.58. The maximum absolute atomic E-state index is 12.2. The fraction of sp³-hybridized carbons (Fsp3) is 0.235. The van der Waals surface area contributed by atoms with Gasteiger partial charge in [-0.1, -0.05) is 15.9 Å². The number of rotatable bonds is 4. The molecule has 0 unspecified atom stereocenters. The molecule has 2 rings (SSSR count). The smallest absolute Gasteiger partial charge is 0.255 e. The van der Waals surface area contributed by atoms with Crippen LogP contribution in [0, 0.1) is 6.92 Å². The molecule has 0 aromatic heterocycles. The van der Waals surface area contributed by atoms with Crippen molar-refractivity contribution in [3.8, 4) is 5.75 Å². The van der Waals surface area contributed by atoms with Crippen molar-refractivity contribution in [1.29, 1.82) is 0 Å². The van der Waals surface area contributed by atoms with Gasteiger partial charge in [-0.25, -0.2) is 0 Å². The van der Waals surface area contributed by atoms with Gasteiger partial charge < -0.3 is 10.1 Å². The van der Waals surface area contributed by atoms with Crippen molar-refractivity contribution in [2.45, 2.75) is 26.9 Å². The van der Waals surface area contributed by atoms with Gasteiger partial charge in [0.05, 0.1) is 6.10 Å². The first kappa shape index (κ1) is 15.6. The van der Waals surface area contributed by atoms with Crippen LogP contribution >= 0.6 is 15.9 Å². The van der Waals surface area contributed by atoms with Crippen molar-refractivity contribution in [2.75, 3.05) is 5.32 Å². The van der Waals surface area contributed by atoms with Crippen LogP contribution in [0.2, 0.25) is 0 Å². The minimum absolute atomic E-state index is 0.121. The quantitative estimate of drug-likeness (QED) is 0.862. The molecule has 110 valence electrons. The summed E-state index contributed by atoms with van der Waals surface area (Å²) in [7, 11) is 0. The van der Waals surface area contributed by atoms with E-state index in [9.17, 15) is 4.79 Å². The van der Waals surface area contributed by atoms with E-state index in [1.54, 1.807) is 12.1 Å². The van der Waals surface area contributed by atoms with E-state index in [4.69, 9.17) is 4.74 Å². The zero-order valence-electron chi connectivity index (χ0n) is 12.3. The number of carbonyl (C=O) groups excluding carboxylic acids is 1. The van der Waals surface area contributed by atoms with Crippen molar-refractivity contribution in [3.05, 3.63) is 58.1 Å². The van der Waals surface area contributed by atoms with E-state index in [1.807, 2.05) is 51.1 Å². The molecule has 0 radical (unpaired) electrons. The largest absolute Gasteiger partial charge is 0.491 e. The van der Waals surface area contributed by atoms with Crippen LogP contribution in [-0.2, 0) is 0 Å². The van der Waals surface area contributed by atoms with Crippen LogP contribution < -0.4 is 10.1 Å². The first-order valence-corrected chi connectivity index (χ1v) is 7.59. The Labute approximate surface area is 133 Å². The van der Waals surface area contributed by atoms with Gasteiger partial charge in [0.25, 0.3) is 5.91 Å². The summed E-state index contributed by atoms with van der Waals surface area (Å²) in [5, 5.41) is 2.89. The average molecular weight is 348 g/mol. The number of benzene rings is 2. The number of amides is 1. The standard InChI is InChI=1S/C17H18BrNO2/c1-11(2)21-15-7-4-13(5-8-15)17(20)19-14-6-9-16(18)12(3)10-14/h4-11H,1-3H3,(H,19,20). The number of halogens is 1. The van der Waals surface area contributed by atoms with Crippen LogP contribution in [0.4, 0.5) is 5.69 Å². The molecule has 0 aliphatic carbocycles. The predicted molar refractivity (Wildman–Crippen MR) is 89.0 cm³/mol. The number of anilines is 1. The van der Waals surface area contributed by atoms with Crippen molar-refractivity contribution < 1.29 is 9.53 Å². The summed E-state index contributed by atoms with van der Waals surface area (Å²) in [6, 6.07) is 12.9. The Morgan fingerprint density at radius 3 is 2.38 bits per heavy atom. The summed E-state index contributed by atoms with van der Waals surface area (Å²) in [5.41, 5.74) is 2.46. The first-order valence-electron chi connectivity index (χ1n) is 6.80. The monoisotopic (exact) mass is 347 g/mol. The second kappa shape index (κ2) is 6.76. The van der Waals surface area contributed by atoms with Gasteiger partial charge in [-0.2, -0.15) is 0 Å². The maximum atomic E-state index is 12.2. The second-order valence-corrected chi connectivity index (χ2v) is 5.96. The van der Waals surface area contributed by atoms with Gasteiger partial charge >= 0.3 is 0 Å². The van der Waals surface area contributed by atoms with Crippen LogP contribution in [0.15, 0.2) is 46.9 Å². The van der Waals surface area contributed by atoms with Gasteiger partial charge in [0.1, 0.15) is 5.75 Å². The lowest BCUT2D eigenvalue weighted by Gasteiger charge is -2.10. The third-order valence-corrected chi connectivity index (χ3v) is 3.79. The Balaban J connectivity index is 2.07. The Morgan fingerprint density at radius 1 is 1.14 bits per heavy atom. The highest BCUT2D eigenvalue weighted by Gasteiger charge is 2.07. The Bertz CT molecular complexity index is 636. The number of nitrogens with one attached hydrogen (secondary N) is 1. The molecule has 3 nitrogen and oxygen atoms in total. The van der Waals surface area contributed by atoms with Gasteiger partial charge in [0.15, 0.2) is 0 Å². The third-order valence-electron chi connectivity index (χ3n) is 2.90. The van der Waals surface area contributed by atoms with Crippen LogP contribution in [-0.4, -0.2) is 12.0 Å². The predicted octanol–water partition coefficient (Wildman–Crippen LogP) is 4.80. The molecular weight excluding hydrogens is 330 g/mol. The molecule has 0 spiro atoms. The lowest BCUT2D eigenvalue weighted by Crippen LogP contribution is -2.12. The zero-order chi connectivity index (χ0) is 15.4. The van der Waals surface area contributed by atoms with Gasteiger partial charge in [-0.05, 0) is 68.8 Å². The van der Waals surface area contributed by atoms with Crippen LogP contribution in [0.25, 0.3) is 0 Å². The molecular formula is C17H18BrNO2. The molecule has 2 aromatic carbocycles. The van der Waals surface area contributed by atoms with Gasteiger partial charge in [0.2, 0.25) is 0 Å². The van der Waals surface area contributed by atoms with E-state index in [0.29, 0.717) is 5.56 Å². The topological polar surface area (TPSA) is 38.3 Å². The number of aryl methyl sites for hydroxylation is 1. The molecule has 21 heavy (non-hydrogen) atoms. The fourth-order valence-corrected chi connectivity index (χ4v) is 2.13. The molecule has 0 bridgehead atoms. The number of hydrogen-bond donors (Lipinski definition) is 1. The van der Waals surface area contributed by atoms with Crippen molar-refractivity contribution in [2.24, 2.45) is 0 Å². The van der Waals surface area contributed by atoms with E-state index < -0.39 is 0 Å². The van der Waals surface area contributed by atoms with Gasteiger partial charge in [0, 0.05) is 15.7 Å². The van der Waals surface area contributed by atoms with E-state index in [1.165, 1.54) is 0 Å². The lowest BCUT2D eigenvalue weighted by atomic mass is 10.2. The summed E-state index contributed by atoms with van der Waals surface area (Å²) in [5.74, 6) is 0.633. The first-order chi connectivity index (χ1) is 9.95. The molecule has 0 aliphatic heterocycles. The molecule has 1 amide bonds. The van der Waals surface area contributed by atoms with E-state index in [2.05, 4.69) is 21.2 Å². The lowest BCUT2D eigenvalue weighted by molar-refractivity contribution is 0.102. The highest BCUT2D eigenvalue weighted by atomic mass is 79.9. The summed E-state index contributed by atoms with van der Waals surface area (Å²) in [6.45, 7) is 5.92. The molecule has 2 aromatic rings. The van der Waals surface area contributed by atoms with E-state index >= 15 is 0 Å². The minimum Gasteiger partial charge on any atom is -0.491 e. The van der Waals surface area contributed by atoms with E-state index in [0.717, 1.165) is 21.5 Å². The molecule has 4 heteroatoms. The Hall–Kier alpha value is -1.81. The number of carbonyl (C=O) groups is 1. The molecule has 0 saturated carbocycles. The van der Waals surface area contributed by atoms with Crippen LogP contribution in [0.1, 0.15) is 29.8 Å². The van der Waals surface area contributed by atoms with E-state index in [-0.39, 0.29) is 12.0 Å². The third kappa shape index (κ3) is 4.33. The number of ether oxygens (including phenoxy) is 1. The van der Waals surface area contributed by atoms with Gasteiger partial charge in [-0.15, -0.1) is 0 Å². The van der Waals surface area contributed by atoms with Crippen LogP contribution in [0.5, 0.6) is 5.75 Å². The maximum Gasteiger partial charge on any atom is 0.255 e. The number of hydrogen-bond acceptors (Lipinski definition) is 2. The van der Waals surface area contributed by atoms with Crippen molar-refractivity contribution in [3.63, 3.8) is 0 Å². The highest BCUT2D eigenvalue weighted by Crippen LogP contribution is 2.21. The normalized spacial score (nSPS) is 10.5. The average Bonchev–Trinajstić information content (AvgIpc) is 2.43. The molecule has 0 aliphatic rings. The molecule has 0 atom stereocenters. The van der Waals surface area contributed by atoms with Crippen molar-refractivity contribution >= 4 is 27.5 Å². The Kier molecular flexibility index (Phi) is 5.02. The SMILES string of the molecule is Cc1cc(NC(=O)c2ccc(OC(C)C)cc2)ccc1Br. The van der Waals surface area contributed by atoms with Crippen LogP contribution in [0.3, 0.4) is 0 Å². The summed E-state index contributed by atoms with van der Waals surface area (Å²) >= 11 is 3.44. The minimum atomic E-state index is -0.132. The fourth-order valence-electron chi connectivity index (χ4n) is 1.88. The van der Waals surface area contributed by atoms with Crippen molar-refractivity contribution in [1.82, 2.24) is 0 Å². The molecule has 0 saturated heterocycles. The zero-order valence-corrected chi connectivity index (χ0v) is 13.9. The summed E-state index contributed by atoms with van der Waals surface area (Å²) in [4.78, 5) is 12.2. The molecule has 0 heterocycles. The highest BCUT2D eigenvalue weighted by molar-refractivity contribution is 9.10. The second-order valence-electron chi connectivity index (χ2n) is 5.11. The molecule has 1 N–H and O–H groups in total.